The third-order valence-electron chi connectivity index (χ3n) is 4.07. The van der Waals surface area contributed by atoms with Gasteiger partial charge in [-0.15, -0.1) is 0 Å². The van der Waals surface area contributed by atoms with Crippen LogP contribution in [0.2, 0.25) is 0 Å². The van der Waals surface area contributed by atoms with Crippen LogP contribution < -0.4 is 10.2 Å². The molecule has 3 aromatic carbocycles. The molecule has 0 N–H and O–H groups in total. The smallest absolute Gasteiger partial charge is 0.0728 e. The first kappa shape index (κ1) is 16.5. The lowest BCUT2D eigenvalue weighted by Gasteiger charge is -2.23. The molecule has 0 amide bonds. The maximum atomic E-state index is 12.0. The van der Waals surface area contributed by atoms with Gasteiger partial charge < -0.3 is 19.8 Å². The number of aromatic carboxylic acids is 2. The van der Waals surface area contributed by atoms with E-state index in [1.165, 1.54) is 6.07 Å². The van der Waals surface area contributed by atoms with Crippen molar-refractivity contribution < 1.29 is 19.8 Å². The standard InChI is InChI=1S/C21H16O4/c1-13-12-16(20(22)23)18(15-10-6-3-7-11-15)19(21(24)25)17(13)14-8-4-2-5-9-14/h2-12H,1H3,(H,22,23)(H,24,25)/p-2. The molecule has 3 rings (SSSR count). The quantitative estimate of drug-likeness (QED) is 0.733. The predicted molar refractivity (Wildman–Crippen MR) is 90.7 cm³/mol. The molecule has 0 radical (unpaired) electrons. The highest BCUT2D eigenvalue weighted by Gasteiger charge is 2.20. The van der Waals surface area contributed by atoms with Crippen molar-refractivity contribution in [3.8, 4) is 22.3 Å². The Morgan fingerprint density at radius 1 is 0.720 bits per heavy atom. The van der Waals surface area contributed by atoms with Gasteiger partial charge in [-0.1, -0.05) is 60.7 Å². The van der Waals surface area contributed by atoms with E-state index in [-0.39, 0.29) is 16.7 Å². The largest absolute Gasteiger partial charge is 0.545 e. The number of rotatable bonds is 4. The predicted octanol–water partition coefficient (Wildman–Crippen LogP) is 2.06. The lowest BCUT2D eigenvalue weighted by molar-refractivity contribution is -0.255. The molecule has 0 bridgehead atoms. The molecule has 0 heterocycles. The van der Waals surface area contributed by atoms with E-state index in [1.54, 1.807) is 61.5 Å². The minimum absolute atomic E-state index is 0.102. The second-order valence-electron chi connectivity index (χ2n) is 5.67. The second kappa shape index (κ2) is 6.61. The second-order valence-corrected chi connectivity index (χ2v) is 5.67. The molecule has 0 aromatic heterocycles. The molecule has 0 saturated carbocycles. The van der Waals surface area contributed by atoms with Crippen molar-refractivity contribution in [1.82, 2.24) is 0 Å². The van der Waals surface area contributed by atoms with Crippen molar-refractivity contribution >= 4 is 11.9 Å². The van der Waals surface area contributed by atoms with Gasteiger partial charge in [0.2, 0.25) is 0 Å². The number of carboxylic acids is 2. The summed E-state index contributed by atoms with van der Waals surface area (Å²) < 4.78 is 0. The molecule has 3 aromatic rings. The van der Waals surface area contributed by atoms with Gasteiger partial charge in [-0.05, 0) is 35.2 Å². The van der Waals surface area contributed by atoms with Crippen LogP contribution in [0.25, 0.3) is 22.3 Å². The minimum atomic E-state index is -1.43. The van der Waals surface area contributed by atoms with Crippen molar-refractivity contribution in [1.29, 1.82) is 0 Å². The summed E-state index contributed by atoms with van der Waals surface area (Å²) in [6.45, 7) is 1.68. The molecule has 0 saturated heterocycles. The topological polar surface area (TPSA) is 80.3 Å². The normalized spacial score (nSPS) is 10.4. The first-order chi connectivity index (χ1) is 12.0. The first-order valence-electron chi connectivity index (χ1n) is 7.72. The van der Waals surface area contributed by atoms with E-state index in [0.29, 0.717) is 22.3 Å². The molecular weight excluding hydrogens is 316 g/mol. The van der Waals surface area contributed by atoms with Crippen molar-refractivity contribution in [2.24, 2.45) is 0 Å². The van der Waals surface area contributed by atoms with Gasteiger partial charge in [-0.3, -0.25) is 0 Å². The number of aryl methyl sites for hydroxylation is 1. The maximum Gasteiger partial charge on any atom is 0.0728 e. The van der Waals surface area contributed by atoms with E-state index in [0.717, 1.165) is 0 Å². The summed E-state index contributed by atoms with van der Waals surface area (Å²) in [7, 11) is 0. The van der Waals surface area contributed by atoms with Crippen LogP contribution in [0, 0.1) is 6.92 Å². The SMILES string of the molecule is Cc1cc(C(=O)[O-])c(-c2ccccc2)c(C(=O)[O-])c1-c1ccccc1. The maximum absolute atomic E-state index is 12.0. The fourth-order valence-corrected chi connectivity index (χ4v) is 3.06. The van der Waals surface area contributed by atoms with E-state index in [9.17, 15) is 19.8 Å². The highest BCUT2D eigenvalue weighted by molar-refractivity contribution is 6.09. The molecule has 0 aliphatic carbocycles. The number of carbonyl (C=O) groups excluding carboxylic acids is 2. The van der Waals surface area contributed by atoms with Crippen molar-refractivity contribution in [2.45, 2.75) is 6.92 Å². The van der Waals surface area contributed by atoms with Gasteiger partial charge in [0.15, 0.2) is 0 Å². The van der Waals surface area contributed by atoms with E-state index < -0.39 is 11.9 Å². The molecule has 0 aliphatic heterocycles. The zero-order valence-corrected chi connectivity index (χ0v) is 13.5. The van der Waals surface area contributed by atoms with Gasteiger partial charge in [0.05, 0.1) is 11.9 Å². The summed E-state index contributed by atoms with van der Waals surface area (Å²) in [5, 5.41) is 23.6. The van der Waals surface area contributed by atoms with Gasteiger partial charge in [-0.2, -0.15) is 0 Å². The molecule has 0 aliphatic rings. The van der Waals surface area contributed by atoms with Gasteiger partial charge in [0.25, 0.3) is 0 Å². The average molecular weight is 330 g/mol. The Kier molecular flexibility index (Phi) is 4.35. The van der Waals surface area contributed by atoms with Crippen LogP contribution >= 0.6 is 0 Å². The summed E-state index contributed by atoms with van der Waals surface area (Å²) >= 11 is 0. The Hall–Kier alpha value is -3.40. The fraction of sp³-hybridized carbons (Fsp3) is 0.0476. The Labute approximate surface area is 145 Å². The molecule has 4 heteroatoms. The molecule has 0 fully saturated rings. The Bertz CT molecular complexity index is 945. The van der Waals surface area contributed by atoms with Crippen molar-refractivity contribution in [2.75, 3.05) is 0 Å². The monoisotopic (exact) mass is 330 g/mol. The lowest BCUT2D eigenvalue weighted by Crippen LogP contribution is -2.28. The van der Waals surface area contributed by atoms with Crippen molar-refractivity contribution in [3.63, 3.8) is 0 Å². The minimum Gasteiger partial charge on any atom is -0.545 e. The number of benzene rings is 3. The van der Waals surface area contributed by atoms with E-state index >= 15 is 0 Å². The van der Waals surface area contributed by atoms with Crippen LogP contribution in [0.3, 0.4) is 0 Å². The summed E-state index contributed by atoms with van der Waals surface area (Å²) in [5.41, 5.74) is 1.94. The number of carbonyl (C=O) groups is 2. The van der Waals surface area contributed by atoms with Crippen LogP contribution in [0.4, 0.5) is 0 Å². The van der Waals surface area contributed by atoms with Crippen molar-refractivity contribution in [3.05, 3.63) is 83.4 Å². The van der Waals surface area contributed by atoms with Gasteiger partial charge in [0, 0.05) is 16.7 Å². The number of carboxylic acid groups (broad SMARTS) is 2. The fourth-order valence-electron chi connectivity index (χ4n) is 3.06. The lowest BCUT2D eigenvalue weighted by atomic mass is 9.85. The van der Waals surface area contributed by atoms with Crippen LogP contribution in [0.5, 0.6) is 0 Å². The molecule has 4 nitrogen and oxygen atoms in total. The average Bonchev–Trinajstić information content (AvgIpc) is 2.62. The Morgan fingerprint density at radius 2 is 1.20 bits per heavy atom. The molecule has 0 atom stereocenters. The highest BCUT2D eigenvalue weighted by atomic mass is 16.4. The Morgan fingerprint density at radius 3 is 1.64 bits per heavy atom. The summed E-state index contributed by atoms with van der Waals surface area (Å²) in [6, 6.07) is 19.0. The molecule has 25 heavy (non-hydrogen) atoms. The zero-order valence-electron chi connectivity index (χ0n) is 13.5. The van der Waals surface area contributed by atoms with Gasteiger partial charge >= 0.3 is 0 Å². The van der Waals surface area contributed by atoms with Crippen LogP contribution in [0.1, 0.15) is 26.3 Å². The molecule has 124 valence electrons. The Balaban J connectivity index is 2.47. The van der Waals surface area contributed by atoms with Crippen LogP contribution in [-0.4, -0.2) is 11.9 Å². The summed E-state index contributed by atoms with van der Waals surface area (Å²) in [6.07, 6.45) is 0. The van der Waals surface area contributed by atoms with E-state index in [1.807, 2.05) is 6.07 Å². The molecular formula is C21H14O4-2. The van der Waals surface area contributed by atoms with E-state index in [4.69, 9.17) is 0 Å². The number of hydrogen-bond donors (Lipinski definition) is 0. The summed E-state index contributed by atoms with van der Waals surface area (Å²) in [5.74, 6) is -2.85. The highest BCUT2D eigenvalue weighted by Crippen LogP contribution is 2.37. The van der Waals surface area contributed by atoms with E-state index in [2.05, 4.69) is 0 Å². The first-order valence-corrected chi connectivity index (χ1v) is 7.72. The molecule has 0 unspecified atom stereocenters. The summed E-state index contributed by atoms with van der Waals surface area (Å²) in [4.78, 5) is 23.6. The van der Waals surface area contributed by atoms with Crippen LogP contribution in [0.15, 0.2) is 66.7 Å². The zero-order chi connectivity index (χ0) is 18.0. The third-order valence-corrected chi connectivity index (χ3v) is 4.07. The third kappa shape index (κ3) is 3.02. The van der Waals surface area contributed by atoms with Gasteiger partial charge in [0.1, 0.15) is 0 Å². The number of hydrogen-bond acceptors (Lipinski definition) is 4. The molecule has 0 spiro atoms. The van der Waals surface area contributed by atoms with Crippen LogP contribution in [-0.2, 0) is 0 Å². The van der Waals surface area contributed by atoms with Gasteiger partial charge in [-0.25, -0.2) is 0 Å².